The lowest BCUT2D eigenvalue weighted by atomic mass is 10.3. The van der Waals surface area contributed by atoms with E-state index in [1.807, 2.05) is 18.3 Å². The highest BCUT2D eigenvalue weighted by molar-refractivity contribution is 7.91. The van der Waals surface area contributed by atoms with Crippen LogP contribution in [0.2, 0.25) is 0 Å². The maximum atomic E-state index is 12.0. The van der Waals surface area contributed by atoms with Crippen LogP contribution >= 0.6 is 0 Å². The molecule has 5 nitrogen and oxygen atoms in total. The SMILES string of the molecule is CCS(=O)(=O)c1ccccc1NCCn1cccn1. The van der Waals surface area contributed by atoms with Crippen molar-refractivity contribution < 1.29 is 8.42 Å². The standard InChI is InChI=1S/C13H17N3O2S/c1-2-19(17,18)13-7-4-3-6-12(13)14-9-11-16-10-5-8-15-16/h3-8,10,14H,2,9,11H2,1H3. The van der Waals surface area contributed by atoms with Crippen molar-refractivity contribution in [2.24, 2.45) is 0 Å². The van der Waals surface area contributed by atoms with Crippen molar-refractivity contribution >= 4 is 15.5 Å². The monoisotopic (exact) mass is 279 g/mol. The van der Waals surface area contributed by atoms with Gasteiger partial charge in [0.25, 0.3) is 0 Å². The van der Waals surface area contributed by atoms with Gasteiger partial charge in [0.05, 0.1) is 22.9 Å². The number of anilines is 1. The van der Waals surface area contributed by atoms with Crippen LogP contribution in [0.5, 0.6) is 0 Å². The van der Waals surface area contributed by atoms with E-state index >= 15 is 0 Å². The van der Waals surface area contributed by atoms with Crippen molar-refractivity contribution in [2.75, 3.05) is 17.6 Å². The Balaban J connectivity index is 2.08. The predicted molar refractivity (Wildman–Crippen MR) is 74.9 cm³/mol. The molecular weight excluding hydrogens is 262 g/mol. The van der Waals surface area contributed by atoms with E-state index in [1.165, 1.54) is 0 Å². The topological polar surface area (TPSA) is 64.0 Å². The Labute approximate surface area is 113 Å². The van der Waals surface area contributed by atoms with Crippen molar-refractivity contribution in [3.05, 3.63) is 42.7 Å². The van der Waals surface area contributed by atoms with Crippen LogP contribution in [0, 0.1) is 0 Å². The zero-order valence-electron chi connectivity index (χ0n) is 10.8. The first kappa shape index (κ1) is 13.6. The van der Waals surface area contributed by atoms with Gasteiger partial charge in [-0.2, -0.15) is 5.10 Å². The molecule has 19 heavy (non-hydrogen) atoms. The summed E-state index contributed by atoms with van der Waals surface area (Å²) in [5.74, 6) is 0.102. The summed E-state index contributed by atoms with van der Waals surface area (Å²) in [6.45, 7) is 2.96. The van der Waals surface area contributed by atoms with Crippen LogP contribution in [0.25, 0.3) is 0 Å². The van der Waals surface area contributed by atoms with Crippen LogP contribution in [0.3, 0.4) is 0 Å². The second-order valence-electron chi connectivity index (χ2n) is 4.10. The summed E-state index contributed by atoms with van der Waals surface area (Å²) >= 11 is 0. The van der Waals surface area contributed by atoms with Gasteiger partial charge in [0.15, 0.2) is 9.84 Å². The Morgan fingerprint density at radius 3 is 2.74 bits per heavy atom. The molecule has 1 aromatic heterocycles. The Morgan fingerprint density at radius 2 is 2.05 bits per heavy atom. The van der Waals surface area contributed by atoms with Crippen molar-refractivity contribution in [1.29, 1.82) is 0 Å². The summed E-state index contributed by atoms with van der Waals surface area (Å²) in [7, 11) is -3.20. The van der Waals surface area contributed by atoms with E-state index < -0.39 is 9.84 Å². The molecule has 0 saturated carbocycles. The largest absolute Gasteiger partial charge is 0.382 e. The van der Waals surface area contributed by atoms with Gasteiger partial charge in [0.1, 0.15) is 0 Å². The predicted octanol–water partition coefficient (Wildman–Crippen LogP) is 1.79. The van der Waals surface area contributed by atoms with Gasteiger partial charge in [-0.15, -0.1) is 0 Å². The first-order chi connectivity index (χ1) is 9.13. The van der Waals surface area contributed by atoms with Gasteiger partial charge >= 0.3 is 0 Å². The zero-order valence-corrected chi connectivity index (χ0v) is 11.6. The Kier molecular flexibility index (Phi) is 4.21. The smallest absolute Gasteiger partial charge is 0.180 e. The molecular formula is C13H17N3O2S. The number of rotatable bonds is 6. The molecule has 1 N–H and O–H groups in total. The highest BCUT2D eigenvalue weighted by Crippen LogP contribution is 2.21. The maximum Gasteiger partial charge on any atom is 0.180 e. The minimum Gasteiger partial charge on any atom is -0.382 e. The average molecular weight is 279 g/mol. The molecule has 6 heteroatoms. The Morgan fingerprint density at radius 1 is 1.26 bits per heavy atom. The van der Waals surface area contributed by atoms with Gasteiger partial charge in [0.2, 0.25) is 0 Å². The number of hydrogen-bond acceptors (Lipinski definition) is 4. The molecule has 0 radical (unpaired) electrons. The van der Waals surface area contributed by atoms with Gasteiger partial charge in [-0.1, -0.05) is 19.1 Å². The lowest BCUT2D eigenvalue weighted by Crippen LogP contribution is -2.14. The molecule has 0 aliphatic carbocycles. The van der Waals surface area contributed by atoms with E-state index in [9.17, 15) is 8.42 Å². The molecule has 0 atom stereocenters. The van der Waals surface area contributed by atoms with Crippen molar-refractivity contribution in [2.45, 2.75) is 18.4 Å². The van der Waals surface area contributed by atoms with E-state index in [-0.39, 0.29) is 5.75 Å². The van der Waals surface area contributed by atoms with E-state index in [2.05, 4.69) is 10.4 Å². The minimum absolute atomic E-state index is 0.102. The highest BCUT2D eigenvalue weighted by atomic mass is 32.2. The third-order valence-corrected chi connectivity index (χ3v) is 4.60. The number of hydrogen-bond donors (Lipinski definition) is 1. The van der Waals surface area contributed by atoms with E-state index in [4.69, 9.17) is 0 Å². The normalized spacial score (nSPS) is 11.4. The number of nitrogens with zero attached hydrogens (tertiary/aromatic N) is 2. The summed E-state index contributed by atoms with van der Waals surface area (Å²) in [5, 5.41) is 7.25. The van der Waals surface area contributed by atoms with Gasteiger partial charge < -0.3 is 5.32 Å². The molecule has 2 rings (SSSR count). The summed E-state index contributed by atoms with van der Waals surface area (Å²) in [4.78, 5) is 0.359. The summed E-state index contributed by atoms with van der Waals surface area (Å²) in [6, 6.07) is 8.84. The quantitative estimate of drug-likeness (QED) is 0.875. The third kappa shape index (κ3) is 3.35. The number of nitrogens with one attached hydrogen (secondary N) is 1. The van der Waals surface area contributed by atoms with Crippen LogP contribution in [0.15, 0.2) is 47.6 Å². The number of para-hydroxylation sites is 1. The molecule has 0 aliphatic rings. The first-order valence-corrected chi connectivity index (χ1v) is 7.82. The third-order valence-electron chi connectivity index (χ3n) is 2.82. The molecule has 0 unspecified atom stereocenters. The van der Waals surface area contributed by atoms with E-state index in [0.717, 1.165) is 0 Å². The summed E-state index contributed by atoms with van der Waals surface area (Å²) in [6.07, 6.45) is 3.59. The average Bonchev–Trinajstić information content (AvgIpc) is 2.92. The number of benzene rings is 1. The lowest BCUT2D eigenvalue weighted by Gasteiger charge is -2.11. The molecule has 1 heterocycles. The molecule has 2 aromatic rings. The van der Waals surface area contributed by atoms with Gasteiger partial charge in [-0.3, -0.25) is 4.68 Å². The fourth-order valence-corrected chi connectivity index (χ4v) is 2.85. The molecule has 1 aromatic carbocycles. The number of sulfone groups is 1. The zero-order chi connectivity index (χ0) is 13.7. The highest BCUT2D eigenvalue weighted by Gasteiger charge is 2.15. The lowest BCUT2D eigenvalue weighted by molar-refractivity contribution is 0.597. The molecule has 102 valence electrons. The number of aromatic nitrogens is 2. The van der Waals surface area contributed by atoms with Crippen molar-refractivity contribution in [3.8, 4) is 0 Å². The maximum absolute atomic E-state index is 12.0. The fourth-order valence-electron chi connectivity index (χ4n) is 1.78. The summed E-state index contributed by atoms with van der Waals surface area (Å²) < 4.78 is 25.7. The van der Waals surface area contributed by atoms with Crippen LogP contribution in [0.4, 0.5) is 5.69 Å². The Hall–Kier alpha value is -1.82. The second-order valence-corrected chi connectivity index (χ2v) is 6.34. The first-order valence-electron chi connectivity index (χ1n) is 6.16. The van der Waals surface area contributed by atoms with Gasteiger partial charge in [0, 0.05) is 18.9 Å². The van der Waals surface area contributed by atoms with E-state index in [1.54, 1.807) is 36.0 Å². The summed E-state index contributed by atoms with van der Waals surface area (Å²) in [5.41, 5.74) is 0.650. The molecule has 0 aliphatic heterocycles. The molecule has 0 saturated heterocycles. The Bertz CT molecular complexity index is 621. The van der Waals surface area contributed by atoms with Crippen LogP contribution in [0.1, 0.15) is 6.92 Å². The van der Waals surface area contributed by atoms with Crippen molar-refractivity contribution in [3.63, 3.8) is 0 Å². The van der Waals surface area contributed by atoms with Crippen molar-refractivity contribution in [1.82, 2.24) is 9.78 Å². The van der Waals surface area contributed by atoms with Gasteiger partial charge in [-0.25, -0.2) is 8.42 Å². The van der Waals surface area contributed by atoms with Crippen LogP contribution in [-0.2, 0) is 16.4 Å². The second kappa shape index (κ2) is 5.88. The van der Waals surface area contributed by atoms with E-state index in [0.29, 0.717) is 23.7 Å². The van der Waals surface area contributed by atoms with Crippen LogP contribution < -0.4 is 5.32 Å². The minimum atomic E-state index is -3.20. The fraction of sp³-hybridized carbons (Fsp3) is 0.308. The van der Waals surface area contributed by atoms with Crippen LogP contribution in [-0.4, -0.2) is 30.5 Å². The molecule has 0 spiro atoms. The molecule has 0 amide bonds. The molecule has 0 bridgehead atoms. The van der Waals surface area contributed by atoms with Gasteiger partial charge in [-0.05, 0) is 18.2 Å². The molecule has 0 fully saturated rings.